The van der Waals surface area contributed by atoms with Crippen LogP contribution in [-0.4, -0.2) is 47.5 Å². The van der Waals surface area contributed by atoms with Gasteiger partial charge in [0.2, 0.25) is 10.0 Å². The number of thiophene rings is 1. The number of sulfone groups is 1. The Kier molecular flexibility index (Phi) is 4.19. The molecule has 10 heteroatoms. The van der Waals surface area contributed by atoms with E-state index in [4.69, 9.17) is 0 Å². The fourth-order valence-electron chi connectivity index (χ4n) is 1.92. The maximum Gasteiger partial charge on any atom is 0.349 e. The third-order valence-corrected chi connectivity index (χ3v) is 7.20. The van der Waals surface area contributed by atoms with Gasteiger partial charge in [0, 0.05) is 6.04 Å². The molecule has 1 aliphatic heterocycles. The minimum atomic E-state index is -3.94. The summed E-state index contributed by atoms with van der Waals surface area (Å²) < 4.78 is 53.9. The van der Waals surface area contributed by atoms with Gasteiger partial charge >= 0.3 is 5.97 Å². The first-order valence-electron chi connectivity index (χ1n) is 5.64. The Morgan fingerprint density at radius 2 is 2.20 bits per heavy atom. The quantitative estimate of drug-likeness (QED) is 0.774. The van der Waals surface area contributed by atoms with Crippen LogP contribution in [0.5, 0.6) is 0 Å². The van der Waals surface area contributed by atoms with Crippen molar-refractivity contribution >= 4 is 37.2 Å². The van der Waals surface area contributed by atoms with Crippen molar-refractivity contribution in [2.75, 3.05) is 18.6 Å². The van der Waals surface area contributed by atoms with Crippen molar-refractivity contribution in [1.29, 1.82) is 0 Å². The number of esters is 1. The minimum Gasteiger partial charge on any atom is -0.465 e. The van der Waals surface area contributed by atoms with Gasteiger partial charge in [-0.25, -0.2) is 26.4 Å². The molecule has 7 nitrogen and oxygen atoms in total. The molecule has 0 bridgehead atoms. The third-order valence-electron chi connectivity index (χ3n) is 2.84. The number of rotatable bonds is 4. The third kappa shape index (κ3) is 3.19. The first-order chi connectivity index (χ1) is 9.25. The van der Waals surface area contributed by atoms with Crippen LogP contribution in [0.3, 0.4) is 0 Å². The number of sulfonamides is 1. The van der Waals surface area contributed by atoms with Gasteiger partial charge in [-0.2, -0.15) is 0 Å². The lowest BCUT2D eigenvalue weighted by Gasteiger charge is -2.11. The lowest BCUT2D eigenvalue weighted by atomic mass is 10.3. The fraction of sp³-hybridized carbons (Fsp3) is 0.500. The van der Waals surface area contributed by atoms with E-state index in [1.165, 1.54) is 11.4 Å². The van der Waals surface area contributed by atoms with Crippen LogP contribution in [0.15, 0.2) is 16.3 Å². The van der Waals surface area contributed by atoms with Crippen LogP contribution >= 0.6 is 11.3 Å². The zero-order chi connectivity index (χ0) is 15.0. The summed E-state index contributed by atoms with van der Waals surface area (Å²) in [6.07, 6.45) is 0.235. The molecule has 0 aliphatic carbocycles. The van der Waals surface area contributed by atoms with Crippen molar-refractivity contribution in [2.45, 2.75) is 17.4 Å². The molecule has 0 aromatic carbocycles. The lowest BCUT2D eigenvalue weighted by Crippen LogP contribution is -2.36. The molecule has 0 radical (unpaired) electrons. The number of carbonyl (C=O) groups is 1. The van der Waals surface area contributed by atoms with Crippen LogP contribution < -0.4 is 4.72 Å². The molecule has 2 rings (SSSR count). The summed E-state index contributed by atoms with van der Waals surface area (Å²) in [7, 11) is -5.96. The van der Waals surface area contributed by atoms with E-state index in [-0.39, 0.29) is 27.7 Å². The number of carbonyl (C=O) groups excluding carboxylic acids is 1. The second-order valence-corrected chi connectivity index (χ2v) is 9.15. The Balaban J connectivity index is 2.24. The highest BCUT2D eigenvalue weighted by atomic mass is 32.2. The minimum absolute atomic E-state index is 0.0270. The van der Waals surface area contributed by atoms with Crippen molar-refractivity contribution in [3.63, 3.8) is 0 Å². The average Bonchev–Trinajstić information content (AvgIpc) is 2.94. The number of hydrogen-bond donors (Lipinski definition) is 1. The van der Waals surface area contributed by atoms with Gasteiger partial charge in [0.1, 0.15) is 9.77 Å². The van der Waals surface area contributed by atoms with Gasteiger partial charge in [0.05, 0.1) is 18.6 Å². The molecule has 1 saturated heterocycles. The summed E-state index contributed by atoms with van der Waals surface area (Å²) in [5.41, 5.74) is 0. The number of ether oxygens (including phenoxy) is 1. The highest BCUT2D eigenvalue weighted by Crippen LogP contribution is 2.24. The first kappa shape index (κ1) is 15.4. The second kappa shape index (κ2) is 5.43. The second-order valence-electron chi connectivity index (χ2n) is 4.33. The summed E-state index contributed by atoms with van der Waals surface area (Å²) >= 11 is 0.955. The monoisotopic (exact) mass is 339 g/mol. The summed E-state index contributed by atoms with van der Waals surface area (Å²) in [6.45, 7) is 0. The van der Waals surface area contributed by atoms with Gasteiger partial charge in [0.25, 0.3) is 0 Å². The van der Waals surface area contributed by atoms with Crippen LogP contribution in [0.25, 0.3) is 0 Å². The van der Waals surface area contributed by atoms with E-state index in [9.17, 15) is 21.6 Å². The Morgan fingerprint density at radius 3 is 2.75 bits per heavy atom. The van der Waals surface area contributed by atoms with E-state index in [0.717, 1.165) is 18.4 Å². The standard InChI is InChI=1S/C10H13NO6S3/c1-17-10(12)9-8(2-4-18-9)20(15,16)11-7-3-5-19(13,14)6-7/h2,4,7,11H,3,5-6H2,1H3/t7-/m1/s1. The van der Waals surface area contributed by atoms with Crippen molar-refractivity contribution < 1.29 is 26.4 Å². The molecule has 1 aliphatic rings. The van der Waals surface area contributed by atoms with E-state index in [0.29, 0.717) is 0 Å². The Labute approximate surface area is 120 Å². The first-order valence-corrected chi connectivity index (χ1v) is 9.82. The van der Waals surface area contributed by atoms with Gasteiger partial charge in [-0.3, -0.25) is 0 Å². The molecular weight excluding hydrogens is 326 g/mol. The van der Waals surface area contributed by atoms with Crippen molar-refractivity contribution in [3.05, 3.63) is 16.3 Å². The van der Waals surface area contributed by atoms with E-state index < -0.39 is 31.9 Å². The molecule has 112 valence electrons. The maximum absolute atomic E-state index is 12.2. The van der Waals surface area contributed by atoms with Crippen LogP contribution in [0.1, 0.15) is 16.1 Å². The molecule has 0 unspecified atom stereocenters. The van der Waals surface area contributed by atoms with E-state index in [1.807, 2.05) is 0 Å². The number of hydrogen-bond acceptors (Lipinski definition) is 7. The molecule has 0 spiro atoms. The fourth-order valence-corrected chi connectivity index (χ4v) is 6.31. The Morgan fingerprint density at radius 1 is 1.50 bits per heavy atom. The van der Waals surface area contributed by atoms with Crippen molar-refractivity contribution in [2.24, 2.45) is 0 Å². The van der Waals surface area contributed by atoms with E-state index in [1.54, 1.807) is 0 Å². The SMILES string of the molecule is COC(=O)c1sccc1S(=O)(=O)N[C@@H]1CCS(=O)(=O)C1. The normalized spacial score (nSPS) is 21.8. The predicted molar refractivity (Wildman–Crippen MR) is 73.0 cm³/mol. The highest BCUT2D eigenvalue weighted by molar-refractivity contribution is 7.92. The highest BCUT2D eigenvalue weighted by Gasteiger charge is 2.33. The molecule has 1 aromatic heterocycles. The van der Waals surface area contributed by atoms with E-state index in [2.05, 4.69) is 9.46 Å². The van der Waals surface area contributed by atoms with Crippen molar-refractivity contribution in [1.82, 2.24) is 4.72 Å². The molecule has 0 amide bonds. The van der Waals surface area contributed by atoms with Crippen LogP contribution in [-0.2, 0) is 24.6 Å². The molecule has 1 N–H and O–H groups in total. The summed E-state index contributed by atoms with van der Waals surface area (Å²) in [4.78, 5) is 11.3. The van der Waals surface area contributed by atoms with Gasteiger partial charge in [0.15, 0.2) is 9.84 Å². The summed E-state index contributed by atoms with van der Waals surface area (Å²) in [6, 6.07) is 0.637. The van der Waals surface area contributed by atoms with Crippen molar-refractivity contribution in [3.8, 4) is 0 Å². The van der Waals surface area contributed by atoms with Crippen LogP contribution in [0, 0.1) is 0 Å². The zero-order valence-electron chi connectivity index (χ0n) is 10.5. The lowest BCUT2D eigenvalue weighted by molar-refractivity contribution is 0.0602. The summed E-state index contributed by atoms with van der Waals surface area (Å²) in [5.74, 6) is -0.989. The van der Waals surface area contributed by atoms with Gasteiger partial charge in [-0.1, -0.05) is 0 Å². The molecule has 20 heavy (non-hydrogen) atoms. The topological polar surface area (TPSA) is 107 Å². The summed E-state index contributed by atoms with van der Waals surface area (Å²) in [5, 5.41) is 1.46. The van der Waals surface area contributed by atoms with Crippen LogP contribution in [0.4, 0.5) is 0 Å². The molecule has 2 heterocycles. The van der Waals surface area contributed by atoms with Gasteiger partial charge in [-0.05, 0) is 17.9 Å². The Hall–Kier alpha value is -0.970. The molecule has 0 saturated carbocycles. The van der Waals surface area contributed by atoms with Crippen LogP contribution in [0.2, 0.25) is 0 Å². The Bertz CT molecular complexity index is 718. The van der Waals surface area contributed by atoms with Gasteiger partial charge in [-0.15, -0.1) is 11.3 Å². The number of nitrogens with one attached hydrogen (secondary N) is 1. The maximum atomic E-state index is 12.2. The number of methoxy groups -OCH3 is 1. The molecule has 1 fully saturated rings. The molecular formula is C10H13NO6S3. The molecule has 1 atom stereocenters. The predicted octanol–water partition coefficient (Wildman–Crippen LogP) is 0.000100. The largest absolute Gasteiger partial charge is 0.465 e. The smallest absolute Gasteiger partial charge is 0.349 e. The zero-order valence-corrected chi connectivity index (χ0v) is 13.0. The van der Waals surface area contributed by atoms with Gasteiger partial charge < -0.3 is 4.74 Å². The average molecular weight is 339 g/mol. The van der Waals surface area contributed by atoms with E-state index >= 15 is 0 Å². The molecule has 1 aromatic rings.